The number of pyridine rings is 1. The summed E-state index contributed by atoms with van der Waals surface area (Å²) < 4.78 is 0. The zero-order valence-corrected chi connectivity index (χ0v) is 13.7. The molecule has 2 aromatic rings. The van der Waals surface area contributed by atoms with E-state index < -0.39 is 0 Å². The van der Waals surface area contributed by atoms with Crippen LogP contribution in [0.25, 0.3) is 0 Å². The Bertz CT molecular complexity index is 592. The lowest BCUT2D eigenvalue weighted by Crippen LogP contribution is -2.30. The number of anilines is 2. The predicted octanol–water partition coefficient (Wildman–Crippen LogP) is 4.39. The van der Waals surface area contributed by atoms with Crippen LogP contribution in [0.15, 0.2) is 48.7 Å². The summed E-state index contributed by atoms with van der Waals surface area (Å²) in [6, 6.07) is 15.9. The maximum Gasteiger partial charge on any atom is 0.132 e. The maximum atomic E-state index is 4.69. The fourth-order valence-electron chi connectivity index (χ4n) is 3.34. The first-order valence-electron chi connectivity index (χ1n) is 8.17. The van der Waals surface area contributed by atoms with Crippen LogP contribution in [0.1, 0.15) is 38.3 Å². The third-order valence-corrected chi connectivity index (χ3v) is 4.60. The van der Waals surface area contributed by atoms with Crippen molar-refractivity contribution in [1.29, 1.82) is 0 Å². The summed E-state index contributed by atoms with van der Waals surface area (Å²) in [6.07, 6.45) is 4.59. The molecule has 0 N–H and O–H groups in total. The molecule has 22 heavy (non-hydrogen) atoms. The van der Waals surface area contributed by atoms with Gasteiger partial charge in [0.25, 0.3) is 0 Å². The van der Waals surface area contributed by atoms with Gasteiger partial charge in [-0.3, -0.25) is 4.90 Å². The first-order chi connectivity index (χ1) is 10.7. The van der Waals surface area contributed by atoms with E-state index in [1.807, 2.05) is 6.07 Å². The van der Waals surface area contributed by atoms with Gasteiger partial charge in [-0.2, -0.15) is 0 Å². The van der Waals surface area contributed by atoms with Gasteiger partial charge in [0.05, 0.1) is 0 Å². The average Bonchev–Trinajstić information content (AvgIpc) is 3.05. The minimum absolute atomic E-state index is 0.531. The van der Waals surface area contributed by atoms with Gasteiger partial charge in [-0.25, -0.2) is 4.98 Å². The van der Waals surface area contributed by atoms with Crippen molar-refractivity contribution >= 4 is 11.5 Å². The zero-order valence-electron chi connectivity index (χ0n) is 13.7. The molecule has 116 valence electrons. The molecule has 1 aromatic carbocycles. The number of hydrogen-bond donors (Lipinski definition) is 0. The van der Waals surface area contributed by atoms with Crippen LogP contribution in [0, 0.1) is 0 Å². The number of benzene rings is 1. The van der Waals surface area contributed by atoms with Gasteiger partial charge in [0.1, 0.15) is 5.82 Å². The molecule has 2 heterocycles. The van der Waals surface area contributed by atoms with E-state index in [1.54, 1.807) is 0 Å². The Labute approximate surface area is 133 Å². The zero-order chi connectivity index (χ0) is 15.5. The summed E-state index contributed by atoms with van der Waals surface area (Å²) in [6.45, 7) is 5.76. The van der Waals surface area contributed by atoms with Crippen molar-refractivity contribution in [3.05, 3.63) is 54.2 Å². The molecule has 0 aliphatic carbocycles. The molecule has 0 bridgehead atoms. The van der Waals surface area contributed by atoms with E-state index in [9.17, 15) is 0 Å². The molecule has 1 aliphatic heterocycles. The number of hydrogen-bond acceptors (Lipinski definition) is 3. The Morgan fingerprint density at radius 1 is 1.14 bits per heavy atom. The summed E-state index contributed by atoms with van der Waals surface area (Å²) in [5, 5.41) is 0. The van der Waals surface area contributed by atoms with Crippen LogP contribution in [0.4, 0.5) is 11.5 Å². The molecule has 0 spiro atoms. The first kappa shape index (κ1) is 15.0. The van der Waals surface area contributed by atoms with Crippen LogP contribution in [0.5, 0.6) is 0 Å². The first-order valence-corrected chi connectivity index (χ1v) is 8.17. The third-order valence-electron chi connectivity index (χ3n) is 4.60. The molecule has 0 unspecified atom stereocenters. The van der Waals surface area contributed by atoms with Gasteiger partial charge in [0.15, 0.2) is 0 Å². The standard InChI is InChI=1S/C19H25N3/c1-15(2)22-13-7-10-18(22)16-11-12-19(20-14-16)21(3)17-8-5-4-6-9-17/h4-6,8-9,11-12,14-15,18H,7,10,13H2,1-3H3/t18-/m0/s1. The molecule has 1 atom stereocenters. The summed E-state index contributed by atoms with van der Waals surface area (Å²) in [7, 11) is 2.06. The second-order valence-electron chi connectivity index (χ2n) is 6.33. The number of likely N-dealkylation sites (tertiary alicyclic amines) is 1. The summed E-state index contributed by atoms with van der Waals surface area (Å²) in [5.74, 6) is 0.990. The van der Waals surface area contributed by atoms with Gasteiger partial charge in [-0.15, -0.1) is 0 Å². The molecule has 0 saturated carbocycles. The van der Waals surface area contributed by atoms with Gasteiger partial charge >= 0.3 is 0 Å². The van der Waals surface area contributed by atoms with Gasteiger partial charge in [-0.05, 0) is 57.0 Å². The number of para-hydroxylation sites is 1. The van der Waals surface area contributed by atoms with Crippen LogP contribution in [0.3, 0.4) is 0 Å². The van der Waals surface area contributed by atoms with Crippen molar-refractivity contribution in [2.75, 3.05) is 18.5 Å². The van der Waals surface area contributed by atoms with Gasteiger partial charge < -0.3 is 4.90 Å². The highest BCUT2D eigenvalue weighted by Gasteiger charge is 2.27. The molecular formula is C19H25N3. The van der Waals surface area contributed by atoms with E-state index in [0.29, 0.717) is 12.1 Å². The Morgan fingerprint density at radius 2 is 1.91 bits per heavy atom. The molecule has 0 amide bonds. The highest BCUT2D eigenvalue weighted by atomic mass is 15.2. The molecular weight excluding hydrogens is 270 g/mol. The monoisotopic (exact) mass is 295 g/mol. The Balaban J connectivity index is 1.78. The van der Waals surface area contributed by atoms with Crippen LogP contribution in [-0.2, 0) is 0 Å². The molecule has 1 aliphatic rings. The fraction of sp³-hybridized carbons (Fsp3) is 0.421. The Hall–Kier alpha value is -1.87. The van der Waals surface area contributed by atoms with Crippen LogP contribution in [-0.4, -0.2) is 29.5 Å². The normalized spacial score (nSPS) is 18.8. The van der Waals surface area contributed by atoms with Crippen molar-refractivity contribution in [2.45, 2.75) is 38.8 Å². The molecule has 3 nitrogen and oxygen atoms in total. The van der Waals surface area contributed by atoms with Gasteiger partial charge in [0.2, 0.25) is 0 Å². The van der Waals surface area contributed by atoms with Gasteiger partial charge in [0, 0.05) is 31.0 Å². The number of rotatable bonds is 4. The lowest BCUT2D eigenvalue weighted by Gasteiger charge is -2.28. The van der Waals surface area contributed by atoms with Crippen molar-refractivity contribution in [3.8, 4) is 0 Å². The van der Waals surface area contributed by atoms with E-state index in [2.05, 4.69) is 73.3 Å². The topological polar surface area (TPSA) is 19.4 Å². The van der Waals surface area contributed by atoms with E-state index in [4.69, 9.17) is 4.98 Å². The highest BCUT2D eigenvalue weighted by Crippen LogP contribution is 2.33. The van der Waals surface area contributed by atoms with Crippen molar-refractivity contribution in [2.24, 2.45) is 0 Å². The van der Waals surface area contributed by atoms with Gasteiger partial charge in [-0.1, -0.05) is 24.3 Å². The van der Waals surface area contributed by atoms with E-state index in [-0.39, 0.29) is 0 Å². The minimum atomic E-state index is 0.531. The van der Waals surface area contributed by atoms with Crippen LogP contribution in [0.2, 0.25) is 0 Å². The fourth-order valence-corrected chi connectivity index (χ4v) is 3.34. The number of aromatic nitrogens is 1. The molecule has 1 fully saturated rings. The molecule has 3 heteroatoms. The quantitative estimate of drug-likeness (QED) is 0.833. The summed E-state index contributed by atoms with van der Waals surface area (Å²) >= 11 is 0. The SMILES string of the molecule is CC(C)N1CCC[C@H]1c1ccc(N(C)c2ccccc2)nc1. The Kier molecular flexibility index (Phi) is 4.44. The maximum absolute atomic E-state index is 4.69. The smallest absolute Gasteiger partial charge is 0.132 e. The third kappa shape index (κ3) is 3.00. The molecule has 1 saturated heterocycles. The minimum Gasteiger partial charge on any atom is -0.329 e. The van der Waals surface area contributed by atoms with Crippen LogP contribution >= 0.6 is 0 Å². The summed E-state index contributed by atoms with van der Waals surface area (Å²) in [5.41, 5.74) is 2.50. The van der Waals surface area contributed by atoms with E-state index >= 15 is 0 Å². The second kappa shape index (κ2) is 6.49. The Morgan fingerprint density at radius 3 is 2.55 bits per heavy atom. The van der Waals surface area contributed by atoms with E-state index in [1.165, 1.54) is 24.9 Å². The largest absolute Gasteiger partial charge is 0.329 e. The van der Waals surface area contributed by atoms with Crippen molar-refractivity contribution in [1.82, 2.24) is 9.88 Å². The highest BCUT2D eigenvalue weighted by molar-refractivity contribution is 5.58. The molecule has 0 radical (unpaired) electrons. The number of nitrogens with zero attached hydrogens (tertiary/aromatic N) is 3. The molecule has 1 aromatic heterocycles. The second-order valence-corrected chi connectivity index (χ2v) is 6.33. The van der Waals surface area contributed by atoms with Crippen molar-refractivity contribution < 1.29 is 0 Å². The lowest BCUT2D eigenvalue weighted by molar-refractivity contribution is 0.205. The van der Waals surface area contributed by atoms with Crippen molar-refractivity contribution in [3.63, 3.8) is 0 Å². The molecule has 3 rings (SSSR count). The lowest BCUT2D eigenvalue weighted by atomic mass is 10.1. The van der Waals surface area contributed by atoms with E-state index in [0.717, 1.165) is 11.5 Å². The average molecular weight is 295 g/mol. The predicted molar refractivity (Wildman–Crippen MR) is 92.6 cm³/mol. The van der Waals surface area contributed by atoms with Crippen LogP contribution < -0.4 is 4.90 Å². The summed E-state index contributed by atoms with van der Waals surface area (Å²) in [4.78, 5) is 9.40.